The quantitative estimate of drug-likeness (QED) is 0.926. The largest absolute Gasteiger partial charge is 0.334 e. The van der Waals surface area contributed by atoms with E-state index in [2.05, 4.69) is 31.4 Å². The van der Waals surface area contributed by atoms with E-state index in [4.69, 9.17) is 4.52 Å². The summed E-state index contributed by atoms with van der Waals surface area (Å²) in [5, 5.41) is 7.19. The van der Waals surface area contributed by atoms with Crippen LogP contribution < -0.4 is 5.32 Å². The molecule has 1 aromatic heterocycles. The minimum atomic E-state index is -0.368. The molecule has 1 aliphatic heterocycles. The van der Waals surface area contributed by atoms with Crippen LogP contribution in [0.5, 0.6) is 0 Å². The molecule has 0 saturated carbocycles. The van der Waals surface area contributed by atoms with Crippen molar-refractivity contribution in [2.45, 2.75) is 18.9 Å². The first-order valence-electron chi connectivity index (χ1n) is 5.76. The lowest BCUT2D eigenvalue weighted by atomic mass is 10.2. The second-order valence-electron chi connectivity index (χ2n) is 4.23. The van der Waals surface area contributed by atoms with Gasteiger partial charge in [0.25, 0.3) is 5.89 Å². The fourth-order valence-corrected chi connectivity index (χ4v) is 2.41. The zero-order valence-corrected chi connectivity index (χ0v) is 11.1. The highest BCUT2D eigenvalue weighted by atomic mass is 79.9. The van der Waals surface area contributed by atoms with Crippen LogP contribution in [0.3, 0.4) is 0 Å². The van der Waals surface area contributed by atoms with Crippen LogP contribution in [0, 0.1) is 5.82 Å². The summed E-state index contributed by atoms with van der Waals surface area (Å²) in [4.78, 5) is 4.26. The van der Waals surface area contributed by atoms with Gasteiger partial charge in [-0.3, -0.25) is 0 Å². The van der Waals surface area contributed by atoms with Gasteiger partial charge in [0.2, 0.25) is 0 Å². The van der Waals surface area contributed by atoms with E-state index in [1.54, 1.807) is 12.1 Å². The van der Waals surface area contributed by atoms with Gasteiger partial charge < -0.3 is 9.84 Å². The van der Waals surface area contributed by atoms with E-state index >= 15 is 0 Å². The highest BCUT2D eigenvalue weighted by Crippen LogP contribution is 2.27. The maximum atomic E-state index is 13.7. The van der Waals surface area contributed by atoms with Crippen LogP contribution in [0.1, 0.15) is 24.7 Å². The molecule has 3 rings (SSSR count). The molecule has 0 amide bonds. The van der Waals surface area contributed by atoms with Crippen molar-refractivity contribution in [1.82, 2.24) is 15.5 Å². The Bertz CT molecular complexity index is 566. The summed E-state index contributed by atoms with van der Waals surface area (Å²) in [7, 11) is 0. The molecule has 1 fully saturated rings. The predicted molar refractivity (Wildman–Crippen MR) is 67.4 cm³/mol. The number of benzene rings is 1. The molecule has 18 heavy (non-hydrogen) atoms. The van der Waals surface area contributed by atoms with Crippen molar-refractivity contribution in [3.8, 4) is 11.5 Å². The molecule has 2 heterocycles. The van der Waals surface area contributed by atoms with Gasteiger partial charge >= 0.3 is 0 Å². The molecule has 6 heteroatoms. The monoisotopic (exact) mass is 311 g/mol. The topological polar surface area (TPSA) is 51.0 Å². The lowest BCUT2D eigenvalue weighted by Gasteiger charge is -2.01. The van der Waals surface area contributed by atoms with E-state index < -0.39 is 0 Å². The van der Waals surface area contributed by atoms with Crippen molar-refractivity contribution in [2.24, 2.45) is 0 Å². The van der Waals surface area contributed by atoms with E-state index in [0.717, 1.165) is 23.9 Å². The van der Waals surface area contributed by atoms with Gasteiger partial charge in [0.05, 0.1) is 11.6 Å². The molecule has 2 aromatic rings. The lowest BCUT2D eigenvalue weighted by Crippen LogP contribution is -2.14. The number of nitrogens with zero attached hydrogens (tertiary/aromatic N) is 2. The predicted octanol–water partition coefficient (Wildman–Crippen LogP) is 3.06. The normalized spacial score (nSPS) is 19.3. The Kier molecular flexibility index (Phi) is 3.13. The maximum Gasteiger partial charge on any atom is 0.260 e. The number of nitrogens with one attached hydrogen (secondary N) is 1. The molecular weight excluding hydrogens is 301 g/mol. The molecule has 0 aliphatic carbocycles. The first kappa shape index (κ1) is 11.8. The SMILES string of the molecule is Fc1ccc(Br)cc1-c1nc(C2CCCN2)no1. The molecule has 1 N–H and O–H groups in total. The summed E-state index contributed by atoms with van der Waals surface area (Å²) < 4.78 is 19.6. The van der Waals surface area contributed by atoms with Gasteiger partial charge in [0.1, 0.15) is 5.82 Å². The van der Waals surface area contributed by atoms with Crippen molar-refractivity contribution in [3.63, 3.8) is 0 Å². The third kappa shape index (κ3) is 2.18. The molecule has 1 aromatic carbocycles. The Morgan fingerprint density at radius 2 is 2.33 bits per heavy atom. The van der Waals surface area contributed by atoms with Crippen LogP contribution in [0.4, 0.5) is 4.39 Å². The summed E-state index contributed by atoms with van der Waals surface area (Å²) >= 11 is 3.30. The fourth-order valence-electron chi connectivity index (χ4n) is 2.05. The number of aromatic nitrogens is 2. The van der Waals surface area contributed by atoms with Crippen LogP contribution in [-0.2, 0) is 0 Å². The fraction of sp³-hybridized carbons (Fsp3) is 0.333. The molecule has 1 unspecified atom stereocenters. The van der Waals surface area contributed by atoms with Crippen LogP contribution in [0.2, 0.25) is 0 Å². The second-order valence-corrected chi connectivity index (χ2v) is 5.15. The first-order chi connectivity index (χ1) is 8.74. The standard InChI is InChI=1S/C12H11BrFN3O/c13-7-3-4-9(14)8(6-7)12-16-11(17-18-12)10-2-1-5-15-10/h3-4,6,10,15H,1-2,5H2. The number of hydrogen-bond acceptors (Lipinski definition) is 4. The Labute approximate surface area is 112 Å². The van der Waals surface area contributed by atoms with E-state index in [0.29, 0.717) is 11.4 Å². The highest BCUT2D eigenvalue weighted by molar-refractivity contribution is 9.10. The van der Waals surface area contributed by atoms with Gasteiger partial charge in [0, 0.05) is 4.47 Å². The summed E-state index contributed by atoms with van der Waals surface area (Å²) in [6, 6.07) is 4.76. The average molecular weight is 312 g/mol. The molecule has 94 valence electrons. The van der Waals surface area contributed by atoms with Crippen LogP contribution in [0.15, 0.2) is 27.2 Å². The molecule has 0 spiro atoms. The smallest absolute Gasteiger partial charge is 0.260 e. The zero-order chi connectivity index (χ0) is 12.5. The van der Waals surface area contributed by atoms with Gasteiger partial charge in [-0.25, -0.2) is 4.39 Å². The van der Waals surface area contributed by atoms with Crippen LogP contribution >= 0.6 is 15.9 Å². The Balaban J connectivity index is 1.94. The molecule has 1 saturated heterocycles. The number of rotatable bonds is 2. The van der Waals surface area contributed by atoms with Gasteiger partial charge in [-0.2, -0.15) is 4.98 Å². The van der Waals surface area contributed by atoms with E-state index in [9.17, 15) is 4.39 Å². The van der Waals surface area contributed by atoms with E-state index in [1.165, 1.54) is 6.07 Å². The summed E-state index contributed by atoms with van der Waals surface area (Å²) in [6.07, 6.45) is 2.08. The minimum absolute atomic E-state index is 0.123. The molecule has 4 nitrogen and oxygen atoms in total. The third-order valence-corrected chi connectivity index (χ3v) is 3.47. The van der Waals surface area contributed by atoms with Crippen LogP contribution in [0.25, 0.3) is 11.5 Å². The Morgan fingerprint density at radius 1 is 1.44 bits per heavy atom. The van der Waals surface area contributed by atoms with Gasteiger partial charge in [-0.1, -0.05) is 21.1 Å². The molecule has 1 atom stereocenters. The number of halogens is 2. The molecule has 1 aliphatic rings. The van der Waals surface area contributed by atoms with E-state index in [1.807, 2.05) is 0 Å². The van der Waals surface area contributed by atoms with Gasteiger partial charge in [-0.15, -0.1) is 0 Å². The van der Waals surface area contributed by atoms with Crippen LogP contribution in [-0.4, -0.2) is 16.7 Å². The Hall–Kier alpha value is -1.27. The minimum Gasteiger partial charge on any atom is -0.334 e. The summed E-state index contributed by atoms with van der Waals surface area (Å²) in [5.41, 5.74) is 0.320. The Morgan fingerprint density at radius 3 is 3.11 bits per heavy atom. The third-order valence-electron chi connectivity index (χ3n) is 2.97. The second kappa shape index (κ2) is 4.78. The molecular formula is C12H11BrFN3O. The number of hydrogen-bond donors (Lipinski definition) is 1. The van der Waals surface area contributed by atoms with Crippen molar-refractivity contribution in [1.29, 1.82) is 0 Å². The van der Waals surface area contributed by atoms with Gasteiger partial charge in [-0.05, 0) is 37.6 Å². The maximum absolute atomic E-state index is 13.7. The first-order valence-corrected chi connectivity index (χ1v) is 6.56. The van der Waals surface area contributed by atoms with E-state index in [-0.39, 0.29) is 17.7 Å². The average Bonchev–Trinajstić information content (AvgIpc) is 3.00. The zero-order valence-electron chi connectivity index (χ0n) is 9.49. The molecule has 0 bridgehead atoms. The summed E-state index contributed by atoms with van der Waals surface area (Å²) in [5.74, 6) is 0.451. The van der Waals surface area contributed by atoms with Crippen molar-refractivity contribution < 1.29 is 8.91 Å². The lowest BCUT2D eigenvalue weighted by molar-refractivity contribution is 0.410. The highest BCUT2D eigenvalue weighted by Gasteiger charge is 2.23. The molecule has 0 radical (unpaired) electrons. The summed E-state index contributed by atoms with van der Waals surface area (Å²) in [6.45, 7) is 0.958. The van der Waals surface area contributed by atoms with Gasteiger partial charge in [0.15, 0.2) is 5.82 Å². The van der Waals surface area contributed by atoms with Crippen molar-refractivity contribution >= 4 is 15.9 Å². The van der Waals surface area contributed by atoms with Crippen molar-refractivity contribution in [3.05, 3.63) is 34.3 Å². The van der Waals surface area contributed by atoms with Crippen molar-refractivity contribution in [2.75, 3.05) is 6.54 Å².